The Morgan fingerprint density at radius 3 is 2.31 bits per heavy atom. The standard InChI is InChI=1S/C18H20F2N2O3S/c1-13-3-5-14(6-4-13)12-22(26(2,24)25)10-9-18(23)21-15-7-8-16(19)17(20)11-15/h3-8,11H,9-10,12H2,1-2H3,(H,21,23). The van der Waals surface area contributed by atoms with Crippen molar-refractivity contribution in [3.63, 3.8) is 0 Å². The lowest BCUT2D eigenvalue weighted by Crippen LogP contribution is -2.32. The maximum atomic E-state index is 13.2. The summed E-state index contributed by atoms with van der Waals surface area (Å²) in [4.78, 5) is 12.0. The molecule has 0 saturated heterocycles. The molecule has 0 spiro atoms. The first-order valence-corrected chi connectivity index (χ1v) is 9.75. The molecule has 0 aromatic heterocycles. The molecule has 2 aromatic carbocycles. The van der Waals surface area contributed by atoms with Crippen molar-refractivity contribution in [2.24, 2.45) is 0 Å². The predicted octanol–water partition coefficient (Wildman–Crippen LogP) is 3.06. The molecule has 2 rings (SSSR count). The minimum atomic E-state index is -3.51. The molecule has 26 heavy (non-hydrogen) atoms. The quantitative estimate of drug-likeness (QED) is 0.800. The van der Waals surface area contributed by atoms with Crippen molar-refractivity contribution in [1.82, 2.24) is 4.31 Å². The zero-order valence-electron chi connectivity index (χ0n) is 14.5. The van der Waals surface area contributed by atoms with Gasteiger partial charge in [0.1, 0.15) is 0 Å². The Labute approximate surface area is 151 Å². The number of hydrogen-bond acceptors (Lipinski definition) is 3. The molecule has 0 bridgehead atoms. The third kappa shape index (κ3) is 5.89. The van der Waals surface area contributed by atoms with Gasteiger partial charge in [0.05, 0.1) is 6.26 Å². The lowest BCUT2D eigenvalue weighted by atomic mass is 10.1. The summed E-state index contributed by atoms with van der Waals surface area (Å²) in [6.07, 6.45) is 0.965. The van der Waals surface area contributed by atoms with Crippen molar-refractivity contribution in [1.29, 1.82) is 0 Å². The van der Waals surface area contributed by atoms with Crippen molar-refractivity contribution in [2.75, 3.05) is 18.1 Å². The van der Waals surface area contributed by atoms with Crippen LogP contribution >= 0.6 is 0 Å². The van der Waals surface area contributed by atoms with Gasteiger partial charge in [0.2, 0.25) is 15.9 Å². The fraction of sp³-hybridized carbons (Fsp3) is 0.278. The highest BCUT2D eigenvalue weighted by atomic mass is 32.2. The average Bonchev–Trinajstić information content (AvgIpc) is 2.55. The number of nitrogens with one attached hydrogen (secondary N) is 1. The van der Waals surface area contributed by atoms with Crippen LogP contribution in [0.4, 0.5) is 14.5 Å². The van der Waals surface area contributed by atoms with Crippen LogP contribution in [-0.2, 0) is 21.4 Å². The van der Waals surface area contributed by atoms with E-state index in [9.17, 15) is 22.0 Å². The molecule has 1 N–H and O–H groups in total. The molecule has 0 unspecified atom stereocenters. The Morgan fingerprint density at radius 1 is 1.08 bits per heavy atom. The van der Waals surface area contributed by atoms with Crippen LogP contribution < -0.4 is 5.32 Å². The molecule has 5 nitrogen and oxygen atoms in total. The van der Waals surface area contributed by atoms with E-state index < -0.39 is 27.6 Å². The molecule has 0 aliphatic heterocycles. The molecule has 1 amide bonds. The van der Waals surface area contributed by atoms with Crippen LogP contribution in [0.25, 0.3) is 0 Å². The first-order chi connectivity index (χ1) is 12.1. The first-order valence-electron chi connectivity index (χ1n) is 7.91. The number of anilines is 1. The molecule has 140 valence electrons. The Morgan fingerprint density at radius 2 is 1.73 bits per heavy atom. The van der Waals surface area contributed by atoms with Gasteiger partial charge >= 0.3 is 0 Å². The molecule has 8 heteroatoms. The van der Waals surface area contributed by atoms with Gasteiger partial charge in [0, 0.05) is 31.3 Å². The van der Waals surface area contributed by atoms with Crippen LogP contribution in [-0.4, -0.2) is 31.4 Å². The van der Waals surface area contributed by atoms with Gasteiger partial charge in [-0.15, -0.1) is 0 Å². The maximum Gasteiger partial charge on any atom is 0.225 e. The summed E-state index contributed by atoms with van der Waals surface area (Å²) >= 11 is 0. The summed E-state index contributed by atoms with van der Waals surface area (Å²) in [5.41, 5.74) is 1.98. The summed E-state index contributed by atoms with van der Waals surface area (Å²) in [5.74, 6) is -2.57. The minimum absolute atomic E-state index is 0.0256. The monoisotopic (exact) mass is 382 g/mol. The van der Waals surface area contributed by atoms with Crippen LogP contribution in [0.15, 0.2) is 42.5 Å². The number of halogens is 2. The van der Waals surface area contributed by atoms with E-state index in [1.165, 1.54) is 10.4 Å². The van der Waals surface area contributed by atoms with Crippen LogP contribution in [0.5, 0.6) is 0 Å². The number of amides is 1. The summed E-state index contributed by atoms with van der Waals surface area (Å²) in [6, 6.07) is 10.4. The lowest BCUT2D eigenvalue weighted by molar-refractivity contribution is -0.116. The van der Waals surface area contributed by atoms with E-state index >= 15 is 0 Å². The number of benzene rings is 2. The third-order valence-corrected chi connectivity index (χ3v) is 4.99. The van der Waals surface area contributed by atoms with Crippen LogP contribution in [0, 0.1) is 18.6 Å². The molecular weight excluding hydrogens is 362 g/mol. The SMILES string of the molecule is Cc1ccc(CN(CCC(=O)Nc2ccc(F)c(F)c2)S(C)(=O)=O)cc1. The van der Waals surface area contributed by atoms with E-state index in [1.807, 2.05) is 31.2 Å². The van der Waals surface area contributed by atoms with E-state index in [4.69, 9.17) is 0 Å². The zero-order chi connectivity index (χ0) is 19.3. The number of carbonyl (C=O) groups excluding carboxylic acids is 1. The molecular formula is C18H20F2N2O3S. The fourth-order valence-corrected chi connectivity index (χ4v) is 3.09. The highest BCUT2D eigenvalue weighted by molar-refractivity contribution is 7.88. The summed E-state index contributed by atoms with van der Waals surface area (Å²) in [5, 5.41) is 2.42. The average molecular weight is 382 g/mol. The van der Waals surface area contributed by atoms with Gasteiger partial charge in [-0.05, 0) is 24.6 Å². The maximum absolute atomic E-state index is 13.2. The topological polar surface area (TPSA) is 66.5 Å². The van der Waals surface area contributed by atoms with Crippen LogP contribution in [0.2, 0.25) is 0 Å². The Hall–Kier alpha value is -2.32. The van der Waals surface area contributed by atoms with Crippen molar-refractivity contribution < 1.29 is 22.0 Å². The minimum Gasteiger partial charge on any atom is -0.326 e. The number of nitrogens with zero attached hydrogens (tertiary/aromatic N) is 1. The first kappa shape index (κ1) is 20.0. The van der Waals surface area contributed by atoms with E-state index in [-0.39, 0.29) is 25.2 Å². The third-order valence-electron chi connectivity index (χ3n) is 3.74. The Kier molecular flexibility index (Phi) is 6.44. The molecule has 0 aliphatic rings. The normalized spacial score (nSPS) is 11.6. The predicted molar refractivity (Wildman–Crippen MR) is 96.0 cm³/mol. The van der Waals surface area contributed by atoms with E-state index in [0.717, 1.165) is 29.5 Å². The van der Waals surface area contributed by atoms with Gasteiger partial charge in [-0.25, -0.2) is 17.2 Å². The molecule has 0 heterocycles. The molecule has 2 aromatic rings. The highest BCUT2D eigenvalue weighted by Gasteiger charge is 2.18. The molecule has 0 radical (unpaired) electrons. The number of aryl methyl sites for hydroxylation is 1. The number of hydrogen-bond donors (Lipinski definition) is 1. The Bertz CT molecular complexity index is 884. The van der Waals surface area contributed by atoms with Crippen molar-refractivity contribution in [2.45, 2.75) is 19.9 Å². The second-order valence-electron chi connectivity index (χ2n) is 6.01. The molecule has 0 atom stereocenters. The lowest BCUT2D eigenvalue weighted by Gasteiger charge is -2.20. The van der Waals surface area contributed by atoms with Crippen molar-refractivity contribution in [3.05, 3.63) is 65.2 Å². The Balaban J connectivity index is 1.98. The number of sulfonamides is 1. The second kappa shape index (κ2) is 8.37. The van der Waals surface area contributed by atoms with Crippen LogP contribution in [0.3, 0.4) is 0 Å². The fourth-order valence-electron chi connectivity index (χ4n) is 2.28. The largest absolute Gasteiger partial charge is 0.326 e. The number of carbonyl (C=O) groups is 1. The molecule has 0 saturated carbocycles. The molecule has 0 aliphatic carbocycles. The smallest absolute Gasteiger partial charge is 0.225 e. The van der Waals surface area contributed by atoms with E-state index in [1.54, 1.807) is 0 Å². The van der Waals surface area contributed by atoms with Gasteiger partial charge in [-0.1, -0.05) is 29.8 Å². The summed E-state index contributed by atoms with van der Waals surface area (Å²) < 4.78 is 51.2. The van der Waals surface area contributed by atoms with E-state index in [2.05, 4.69) is 5.32 Å². The van der Waals surface area contributed by atoms with Gasteiger partial charge in [-0.2, -0.15) is 4.31 Å². The van der Waals surface area contributed by atoms with Gasteiger partial charge in [0.25, 0.3) is 0 Å². The van der Waals surface area contributed by atoms with E-state index in [0.29, 0.717) is 0 Å². The van der Waals surface area contributed by atoms with Gasteiger partial charge in [-0.3, -0.25) is 4.79 Å². The number of rotatable bonds is 7. The van der Waals surface area contributed by atoms with Crippen molar-refractivity contribution >= 4 is 21.6 Å². The summed E-state index contributed by atoms with van der Waals surface area (Å²) in [7, 11) is -3.51. The van der Waals surface area contributed by atoms with Gasteiger partial charge in [0.15, 0.2) is 11.6 Å². The highest BCUT2D eigenvalue weighted by Crippen LogP contribution is 2.14. The molecule has 0 fully saturated rings. The second-order valence-corrected chi connectivity index (χ2v) is 7.99. The zero-order valence-corrected chi connectivity index (χ0v) is 15.3. The van der Waals surface area contributed by atoms with Crippen molar-refractivity contribution in [3.8, 4) is 0 Å². The van der Waals surface area contributed by atoms with Gasteiger partial charge < -0.3 is 5.32 Å². The van der Waals surface area contributed by atoms with Crippen LogP contribution in [0.1, 0.15) is 17.5 Å². The summed E-state index contributed by atoms with van der Waals surface area (Å²) in [6.45, 7) is 2.06.